The molecule has 4 rings (SSSR count). The van der Waals surface area contributed by atoms with E-state index in [1.54, 1.807) is 6.20 Å². The number of hydrogen-bond acceptors (Lipinski definition) is 7. The Balaban J connectivity index is 1.30. The van der Waals surface area contributed by atoms with Crippen LogP contribution in [0.5, 0.6) is 0 Å². The van der Waals surface area contributed by atoms with Crippen molar-refractivity contribution in [2.24, 2.45) is 11.8 Å². The van der Waals surface area contributed by atoms with Crippen LogP contribution in [0.2, 0.25) is 0 Å². The average Bonchev–Trinajstić information content (AvgIpc) is 3.30. The molecular formula is C17H21N5O3. The fraction of sp³-hybridized carbons (Fsp3) is 0.529. The van der Waals surface area contributed by atoms with E-state index < -0.39 is 0 Å². The Labute approximate surface area is 145 Å². The molecule has 2 aliphatic rings. The van der Waals surface area contributed by atoms with E-state index >= 15 is 0 Å². The van der Waals surface area contributed by atoms with Crippen LogP contribution in [0.25, 0.3) is 0 Å². The number of nitrogens with one attached hydrogen (secondary N) is 1. The lowest BCUT2D eigenvalue weighted by Crippen LogP contribution is -2.34. The van der Waals surface area contributed by atoms with Gasteiger partial charge in [-0.1, -0.05) is 5.16 Å². The van der Waals surface area contributed by atoms with Gasteiger partial charge in [-0.3, -0.25) is 14.7 Å². The average molecular weight is 343 g/mol. The molecule has 0 bridgehead atoms. The Morgan fingerprint density at radius 1 is 1.40 bits per heavy atom. The van der Waals surface area contributed by atoms with Crippen LogP contribution in [0.3, 0.4) is 0 Å². The van der Waals surface area contributed by atoms with E-state index in [0.29, 0.717) is 30.7 Å². The summed E-state index contributed by atoms with van der Waals surface area (Å²) in [5.41, 5.74) is 1.29. The number of ether oxygens (including phenoxy) is 1. The molecule has 0 radical (unpaired) electrons. The number of aryl methyl sites for hydroxylation is 1. The standard InChI is InChI=1S/C17H21N5O3/c1-11-4-13(21-25-11)7-22-8-14-12(10-24-16(14)9-22)5-20-17(23)15-6-18-2-3-19-15/h2-4,6,12,14,16H,5,7-10H2,1H3,(H,20,23)/t12-,14-,16-/m1/s1. The molecule has 2 aliphatic heterocycles. The van der Waals surface area contributed by atoms with Crippen molar-refractivity contribution in [3.05, 3.63) is 41.8 Å². The Morgan fingerprint density at radius 2 is 2.32 bits per heavy atom. The second kappa shape index (κ2) is 6.89. The lowest BCUT2D eigenvalue weighted by Gasteiger charge is -2.19. The summed E-state index contributed by atoms with van der Waals surface area (Å²) >= 11 is 0. The summed E-state index contributed by atoms with van der Waals surface area (Å²) < 4.78 is 11.1. The summed E-state index contributed by atoms with van der Waals surface area (Å²) in [6.45, 7) is 5.79. The molecule has 1 amide bonds. The van der Waals surface area contributed by atoms with Gasteiger partial charge in [-0.05, 0) is 6.92 Å². The molecule has 8 nitrogen and oxygen atoms in total. The maximum absolute atomic E-state index is 12.1. The summed E-state index contributed by atoms with van der Waals surface area (Å²) in [6, 6.07) is 1.97. The molecule has 1 N–H and O–H groups in total. The number of carbonyl (C=O) groups is 1. The Morgan fingerprint density at radius 3 is 3.08 bits per heavy atom. The molecule has 0 unspecified atom stereocenters. The van der Waals surface area contributed by atoms with Crippen molar-refractivity contribution in [1.82, 2.24) is 25.3 Å². The van der Waals surface area contributed by atoms with Crippen LogP contribution >= 0.6 is 0 Å². The summed E-state index contributed by atoms with van der Waals surface area (Å²) in [7, 11) is 0. The van der Waals surface area contributed by atoms with Gasteiger partial charge < -0.3 is 14.6 Å². The summed E-state index contributed by atoms with van der Waals surface area (Å²) in [5, 5.41) is 7.01. The minimum atomic E-state index is -0.190. The molecule has 2 aromatic heterocycles. The number of hydrogen-bond donors (Lipinski definition) is 1. The van der Waals surface area contributed by atoms with Gasteiger partial charge in [0.25, 0.3) is 5.91 Å². The van der Waals surface area contributed by atoms with Crippen LogP contribution < -0.4 is 5.32 Å². The van der Waals surface area contributed by atoms with Crippen molar-refractivity contribution in [2.75, 3.05) is 26.2 Å². The van der Waals surface area contributed by atoms with Crippen LogP contribution in [-0.4, -0.2) is 58.3 Å². The highest BCUT2D eigenvalue weighted by Crippen LogP contribution is 2.34. The second-order valence-electron chi connectivity index (χ2n) is 6.72. The fourth-order valence-electron chi connectivity index (χ4n) is 3.67. The lowest BCUT2D eigenvalue weighted by atomic mass is 9.93. The molecule has 4 heterocycles. The van der Waals surface area contributed by atoms with Gasteiger partial charge in [0.1, 0.15) is 11.5 Å². The van der Waals surface area contributed by atoms with Crippen LogP contribution in [0.1, 0.15) is 21.9 Å². The van der Waals surface area contributed by atoms with E-state index in [9.17, 15) is 4.79 Å². The first kappa shape index (κ1) is 16.2. The first-order chi connectivity index (χ1) is 12.2. The van der Waals surface area contributed by atoms with Crippen molar-refractivity contribution in [2.45, 2.75) is 19.6 Å². The molecule has 3 atom stereocenters. The normalized spacial score (nSPS) is 25.9. The van der Waals surface area contributed by atoms with Crippen molar-refractivity contribution >= 4 is 5.91 Å². The zero-order chi connectivity index (χ0) is 17.2. The SMILES string of the molecule is Cc1cc(CN2C[C@@H]3[C@H](CNC(=O)c4cnccn4)CO[C@@H]3C2)no1. The molecule has 8 heteroatoms. The van der Waals surface area contributed by atoms with Gasteiger partial charge in [0, 0.05) is 56.5 Å². The summed E-state index contributed by atoms with van der Waals surface area (Å²) in [4.78, 5) is 22.4. The van der Waals surface area contributed by atoms with Gasteiger partial charge in [-0.15, -0.1) is 0 Å². The van der Waals surface area contributed by atoms with Crippen molar-refractivity contribution in [1.29, 1.82) is 0 Å². The molecule has 25 heavy (non-hydrogen) atoms. The number of likely N-dealkylation sites (tertiary alicyclic amines) is 1. The largest absolute Gasteiger partial charge is 0.376 e. The van der Waals surface area contributed by atoms with E-state index in [-0.39, 0.29) is 12.0 Å². The number of amides is 1. The Kier molecular flexibility index (Phi) is 4.46. The van der Waals surface area contributed by atoms with Crippen LogP contribution in [0.4, 0.5) is 0 Å². The van der Waals surface area contributed by atoms with E-state index in [4.69, 9.17) is 9.26 Å². The molecule has 2 aromatic rings. The highest BCUT2D eigenvalue weighted by atomic mass is 16.5. The van der Waals surface area contributed by atoms with Crippen LogP contribution in [0.15, 0.2) is 29.2 Å². The van der Waals surface area contributed by atoms with Crippen molar-refractivity contribution < 1.29 is 14.1 Å². The van der Waals surface area contributed by atoms with Crippen molar-refractivity contribution in [3.63, 3.8) is 0 Å². The van der Waals surface area contributed by atoms with Crippen LogP contribution in [-0.2, 0) is 11.3 Å². The number of rotatable bonds is 5. The van der Waals surface area contributed by atoms with Crippen molar-refractivity contribution in [3.8, 4) is 0 Å². The third-order valence-electron chi connectivity index (χ3n) is 4.90. The predicted octanol–water partition coefficient (Wildman–Crippen LogP) is 0.650. The third-order valence-corrected chi connectivity index (χ3v) is 4.90. The lowest BCUT2D eigenvalue weighted by molar-refractivity contribution is 0.0899. The predicted molar refractivity (Wildman–Crippen MR) is 87.6 cm³/mol. The van der Waals surface area contributed by atoms with E-state index in [0.717, 1.165) is 31.1 Å². The minimum Gasteiger partial charge on any atom is -0.376 e. The Hall–Kier alpha value is -2.32. The molecule has 0 aliphatic carbocycles. The summed E-state index contributed by atoms with van der Waals surface area (Å²) in [6.07, 6.45) is 4.77. The van der Waals surface area contributed by atoms with Gasteiger partial charge in [-0.25, -0.2) is 4.98 Å². The molecule has 0 aromatic carbocycles. The molecule has 2 saturated heterocycles. The molecular weight excluding hydrogens is 322 g/mol. The van der Waals surface area contributed by atoms with E-state index in [1.807, 2.05) is 13.0 Å². The molecule has 0 saturated carbocycles. The fourth-order valence-corrected chi connectivity index (χ4v) is 3.67. The zero-order valence-electron chi connectivity index (χ0n) is 14.1. The van der Waals surface area contributed by atoms with Gasteiger partial charge in [-0.2, -0.15) is 0 Å². The molecule has 2 fully saturated rings. The highest BCUT2D eigenvalue weighted by Gasteiger charge is 2.43. The maximum Gasteiger partial charge on any atom is 0.271 e. The zero-order valence-corrected chi connectivity index (χ0v) is 14.1. The Bertz CT molecular complexity index is 735. The second-order valence-corrected chi connectivity index (χ2v) is 6.72. The summed E-state index contributed by atoms with van der Waals surface area (Å²) in [5.74, 6) is 1.38. The molecule has 0 spiro atoms. The van der Waals surface area contributed by atoms with Gasteiger partial charge >= 0.3 is 0 Å². The van der Waals surface area contributed by atoms with Gasteiger partial charge in [0.2, 0.25) is 0 Å². The molecule has 132 valence electrons. The first-order valence-corrected chi connectivity index (χ1v) is 8.49. The number of nitrogens with zero attached hydrogens (tertiary/aromatic N) is 4. The number of aromatic nitrogens is 3. The maximum atomic E-state index is 12.1. The monoisotopic (exact) mass is 343 g/mol. The van der Waals surface area contributed by atoms with Gasteiger partial charge in [0.05, 0.1) is 24.6 Å². The number of carbonyl (C=O) groups excluding carboxylic acids is 1. The first-order valence-electron chi connectivity index (χ1n) is 8.49. The van der Waals surface area contributed by atoms with Gasteiger partial charge in [0.15, 0.2) is 0 Å². The van der Waals surface area contributed by atoms with E-state index in [2.05, 4.69) is 25.3 Å². The topological polar surface area (TPSA) is 93.4 Å². The van der Waals surface area contributed by atoms with Crippen LogP contribution in [0, 0.1) is 18.8 Å². The van der Waals surface area contributed by atoms with E-state index in [1.165, 1.54) is 12.4 Å². The third kappa shape index (κ3) is 3.54. The highest BCUT2D eigenvalue weighted by molar-refractivity contribution is 5.91. The quantitative estimate of drug-likeness (QED) is 0.852. The number of fused-ring (bicyclic) bond motifs is 1. The smallest absolute Gasteiger partial charge is 0.271 e. The minimum absolute atomic E-state index is 0.190.